The van der Waals surface area contributed by atoms with E-state index in [1.54, 1.807) is 0 Å². The van der Waals surface area contributed by atoms with Crippen LogP contribution in [0.15, 0.2) is 30.3 Å². The van der Waals surface area contributed by atoms with E-state index in [1.807, 2.05) is 18.2 Å². The molecular formula is C32H55NO4. The number of unbranched alkanes of at least 4 members (excludes halogenated alkanes) is 9. The molecule has 1 aliphatic heterocycles. The fourth-order valence-electron chi connectivity index (χ4n) is 4.92. The summed E-state index contributed by atoms with van der Waals surface area (Å²) >= 11 is 0. The highest BCUT2D eigenvalue weighted by Crippen LogP contribution is 2.17. The highest BCUT2D eigenvalue weighted by molar-refractivity contribution is 5.76. The van der Waals surface area contributed by atoms with Gasteiger partial charge in [0.25, 0.3) is 0 Å². The Hall–Kier alpha value is -1.43. The normalized spacial score (nSPS) is 17.4. The van der Waals surface area contributed by atoms with E-state index in [0.717, 1.165) is 63.5 Å². The first-order valence-corrected chi connectivity index (χ1v) is 15.4. The summed E-state index contributed by atoms with van der Waals surface area (Å²) in [6.07, 6.45) is 19.2. The van der Waals surface area contributed by atoms with Crippen LogP contribution in [0.1, 0.15) is 129 Å². The van der Waals surface area contributed by atoms with E-state index in [2.05, 4.69) is 31.3 Å². The van der Waals surface area contributed by atoms with Crippen LogP contribution in [-0.2, 0) is 25.6 Å². The molecule has 0 aromatic heterocycles. The Kier molecular flexibility index (Phi) is 18.5. The number of ether oxygens (including phenoxy) is 3. The minimum atomic E-state index is -0.122. The fourth-order valence-corrected chi connectivity index (χ4v) is 4.92. The smallest absolute Gasteiger partial charge is 0.222 e. The number of hydrogen-bond donors (Lipinski definition) is 1. The van der Waals surface area contributed by atoms with Crippen molar-refractivity contribution < 1.29 is 19.0 Å². The third kappa shape index (κ3) is 16.2. The summed E-state index contributed by atoms with van der Waals surface area (Å²) in [6, 6.07) is 10.3. The first-order chi connectivity index (χ1) is 18.2. The van der Waals surface area contributed by atoms with Crippen LogP contribution in [0.5, 0.6) is 0 Å². The van der Waals surface area contributed by atoms with E-state index in [0.29, 0.717) is 19.6 Å². The van der Waals surface area contributed by atoms with Crippen LogP contribution in [0.3, 0.4) is 0 Å². The van der Waals surface area contributed by atoms with Crippen molar-refractivity contribution >= 4 is 5.91 Å². The number of benzene rings is 1. The summed E-state index contributed by atoms with van der Waals surface area (Å²) in [5.74, 6) is 0.0725. The van der Waals surface area contributed by atoms with Crippen molar-refractivity contribution in [2.45, 2.75) is 148 Å². The van der Waals surface area contributed by atoms with Crippen LogP contribution in [0.25, 0.3) is 0 Å². The Morgan fingerprint density at radius 3 is 2.30 bits per heavy atom. The molecule has 0 spiro atoms. The van der Waals surface area contributed by atoms with Crippen LogP contribution < -0.4 is 5.32 Å². The molecule has 3 atom stereocenters. The van der Waals surface area contributed by atoms with Gasteiger partial charge >= 0.3 is 0 Å². The minimum absolute atomic E-state index is 0.0282. The van der Waals surface area contributed by atoms with Gasteiger partial charge in [0.15, 0.2) is 6.29 Å². The first kappa shape index (κ1) is 31.8. The van der Waals surface area contributed by atoms with Gasteiger partial charge in [-0.1, -0.05) is 115 Å². The zero-order valence-electron chi connectivity index (χ0n) is 23.9. The zero-order chi connectivity index (χ0) is 26.4. The average molecular weight is 518 g/mol. The molecule has 1 aromatic carbocycles. The molecule has 1 fully saturated rings. The van der Waals surface area contributed by atoms with Crippen molar-refractivity contribution in [3.8, 4) is 0 Å². The largest absolute Gasteiger partial charge is 0.373 e. The summed E-state index contributed by atoms with van der Waals surface area (Å²) < 4.78 is 18.0. The Balaban J connectivity index is 1.78. The Labute approximate surface area is 227 Å². The lowest BCUT2D eigenvalue weighted by Crippen LogP contribution is -2.41. The van der Waals surface area contributed by atoms with Crippen LogP contribution >= 0.6 is 0 Å². The molecule has 1 heterocycles. The fraction of sp³-hybridized carbons (Fsp3) is 0.781. The number of rotatable bonds is 22. The molecule has 0 bridgehead atoms. The number of amides is 1. The summed E-state index contributed by atoms with van der Waals surface area (Å²) in [7, 11) is 0. The topological polar surface area (TPSA) is 56.8 Å². The molecule has 5 nitrogen and oxygen atoms in total. The van der Waals surface area contributed by atoms with E-state index in [4.69, 9.17) is 14.2 Å². The van der Waals surface area contributed by atoms with Gasteiger partial charge in [0, 0.05) is 6.61 Å². The molecule has 0 radical (unpaired) electrons. The lowest BCUT2D eigenvalue weighted by molar-refractivity contribution is -0.167. The van der Waals surface area contributed by atoms with Gasteiger partial charge in [-0.2, -0.15) is 0 Å². The first-order valence-electron chi connectivity index (χ1n) is 15.4. The number of carbonyl (C=O) groups is 1. The van der Waals surface area contributed by atoms with E-state index >= 15 is 0 Å². The van der Waals surface area contributed by atoms with Crippen molar-refractivity contribution in [1.82, 2.24) is 5.32 Å². The number of nitrogens with one attached hydrogen (secondary N) is 1. The van der Waals surface area contributed by atoms with Crippen LogP contribution in [0.4, 0.5) is 0 Å². The van der Waals surface area contributed by atoms with E-state index in [9.17, 15) is 4.79 Å². The average Bonchev–Trinajstić information content (AvgIpc) is 2.93. The predicted molar refractivity (Wildman–Crippen MR) is 152 cm³/mol. The second kappa shape index (κ2) is 21.5. The zero-order valence-corrected chi connectivity index (χ0v) is 23.9. The summed E-state index contributed by atoms with van der Waals surface area (Å²) in [4.78, 5) is 13.1. The highest BCUT2D eigenvalue weighted by Gasteiger charge is 2.20. The lowest BCUT2D eigenvalue weighted by atomic mass is 10.0. The van der Waals surface area contributed by atoms with Gasteiger partial charge in [0.2, 0.25) is 5.91 Å². The van der Waals surface area contributed by atoms with E-state index in [-0.39, 0.29) is 24.3 Å². The molecule has 0 saturated carbocycles. The Bertz CT molecular complexity index is 662. The maximum absolute atomic E-state index is 13.1. The van der Waals surface area contributed by atoms with E-state index in [1.165, 1.54) is 51.4 Å². The van der Waals surface area contributed by atoms with Gasteiger partial charge in [-0.05, 0) is 37.7 Å². The Morgan fingerprint density at radius 2 is 1.62 bits per heavy atom. The molecule has 5 heteroatoms. The Morgan fingerprint density at radius 1 is 0.919 bits per heavy atom. The van der Waals surface area contributed by atoms with Crippen molar-refractivity contribution in [3.05, 3.63) is 35.9 Å². The third-order valence-corrected chi connectivity index (χ3v) is 7.26. The summed E-state index contributed by atoms with van der Waals surface area (Å²) in [5.41, 5.74) is 1.15. The lowest BCUT2D eigenvalue weighted by Gasteiger charge is -2.26. The highest BCUT2D eigenvalue weighted by atomic mass is 16.7. The molecule has 1 saturated heterocycles. The van der Waals surface area contributed by atoms with Crippen molar-refractivity contribution in [1.29, 1.82) is 0 Å². The summed E-state index contributed by atoms with van der Waals surface area (Å²) in [5, 5.41) is 3.26. The van der Waals surface area contributed by atoms with Gasteiger partial charge in [0.1, 0.15) is 0 Å². The third-order valence-electron chi connectivity index (χ3n) is 7.26. The van der Waals surface area contributed by atoms with Gasteiger partial charge in [0.05, 0.1) is 31.8 Å². The molecule has 212 valence electrons. The molecule has 37 heavy (non-hydrogen) atoms. The second-order valence-electron chi connectivity index (χ2n) is 10.8. The van der Waals surface area contributed by atoms with Gasteiger partial charge in [-0.3, -0.25) is 4.79 Å². The monoisotopic (exact) mass is 517 g/mol. The molecule has 1 aromatic rings. The van der Waals surface area contributed by atoms with Crippen LogP contribution in [0, 0.1) is 0 Å². The SMILES string of the molecule is CCCCCCCCCCC[C@H](CC(=O)N[C@H](CCCC)COC1CCCCO1)OCc1ccccc1. The standard InChI is InChI=1S/C32H55NO4/c1-3-5-7-8-9-10-11-12-16-22-30(36-26-28-19-14-13-15-20-28)25-31(34)33-29(21-6-4-2)27-37-32-23-17-18-24-35-32/h13-15,19-20,29-30,32H,3-12,16-18,21-27H2,1-2H3,(H,33,34)/t29-,30-,32?/m1/s1. The molecule has 2 rings (SSSR count). The quantitative estimate of drug-likeness (QED) is 0.158. The maximum atomic E-state index is 13.1. The molecule has 0 aliphatic carbocycles. The van der Waals surface area contributed by atoms with Crippen molar-refractivity contribution in [2.24, 2.45) is 0 Å². The number of hydrogen-bond acceptors (Lipinski definition) is 4. The van der Waals surface area contributed by atoms with Gasteiger partial charge < -0.3 is 19.5 Å². The van der Waals surface area contributed by atoms with Crippen LogP contribution in [-0.4, -0.2) is 37.6 Å². The predicted octanol–water partition coefficient (Wildman–Crippen LogP) is 8.10. The molecular weight excluding hydrogens is 462 g/mol. The second-order valence-corrected chi connectivity index (χ2v) is 10.8. The number of carbonyl (C=O) groups excluding carboxylic acids is 1. The van der Waals surface area contributed by atoms with Crippen LogP contribution in [0.2, 0.25) is 0 Å². The molecule has 1 unspecified atom stereocenters. The van der Waals surface area contributed by atoms with Gasteiger partial charge in [-0.25, -0.2) is 0 Å². The van der Waals surface area contributed by atoms with Crippen molar-refractivity contribution in [3.63, 3.8) is 0 Å². The minimum Gasteiger partial charge on any atom is -0.373 e. The molecule has 1 N–H and O–H groups in total. The maximum Gasteiger partial charge on any atom is 0.222 e. The van der Waals surface area contributed by atoms with Gasteiger partial charge in [-0.15, -0.1) is 0 Å². The molecule has 1 amide bonds. The van der Waals surface area contributed by atoms with E-state index < -0.39 is 0 Å². The molecule has 1 aliphatic rings. The summed E-state index contributed by atoms with van der Waals surface area (Å²) in [6.45, 7) is 6.29. The van der Waals surface area contributed by atoms with Crippen molar-refractivity contribution in [2.75, 3.05) is 13.2 Å².